The van der Waals surface area contributed by atoms with Crippen molar-refractivity contribution in [1.82, 2.24) is 0 Å². The van der Waals surface area contributed by atoms with E-state index in [2.05, 4.69) is 67.8 Å². The topological polar surface area (TPSA) is 83.5 Å². The van der Waals surface area contributed by atoms with Gasteiger partial charge in [-0.05, 0) is 116 Å². The number of carbonyl (C=O) groups excluding carboxylic acids is 1. The molecular weight excluding hydrogens is 697 g/mol. The molecule has 0 heterocycles. The van der Waals surface area contributed by atoms with Gasteiger partial charge in [0.2, 0.25) is 0 Å². The van der Waals surface area contributed by atoms with E-state index in [1.54, 1.807) is 26.8 Å². The molecule has 0 unspecified atom stereocenters. The van der Waals surface area contributed by atoms with E-state index in [0.717, 1.165) is 10.7 Å². The zero-order chi connectivity index (χ0) is 19.8. The minimum absolute atomic E-state index is 0.236. The fourth-order valence-electron chi connectivity index (χ4n) is 2.35. The van der Waals surface area contributed by atoms with E-state index in [1.807, 2.05) is 6.07 Å². The van der Waals surface area contributed by atoms with E-state index in [9.17, 15) is 17.8 Å². The summed E-state index contributed by atoms with van der Waals surface area (Å²) in [6.45, 7) is 5.11. The monoisotopic (exact) mass is 711 g/mol. The molecule has 0 bridgehead atoms. The van der Waals surface area contributed by atoms with Crippen LogP contribution < -0.4 is 4.74 Å². The molecule has 0 amide bonds. The fraction of sp³-hybridized carbons (Fsp3) is 0.235. The van der Waals surface area contributed by atoms with Gasteiger partial charge in [-0.15, -0.1) is 0 Å². The molecule has 0 aliphatic heterocycles. The summed E-state index contributed by atoms with van der Waals surface area (Å²) in [4.78, 5) is 12.4. The van der Waals surface area contributed by atoms with Crippen LogP contribution in [0.3, 0.4) is 0 Å². The largest absolute Gasteiger partial charge is 0.744 e. The summed E-state index contributed by atoms with van der Waals surface area (Å²) in [6.07, 6.45) is 0. The van der Waals surface area contributed by atoms with Gasteiger partial charge >= 0.3 is 5.97 Å². The second kappa shape index (κ2) is 8.57. The van der Waals surface area contributed by atoms with E-state index in [1.165, 1.54) is 12.1 Å². The van der Waals surface area contributed by atoms with Gasteiger partial charge in [0.25, 0.3) is 0 Å². The average molecular weight is 711 g/mol. The number of benzene rings is 2. The molecule has 0 saturated heterocycles. The minimum atomic E-state index is -4.63. The Labute approximate surface area is 193 Å². The van der Waals surface area contributed by atoms with Gasteiger partial charge in [-0.2, -0.15) is 0 Å². The lowest BCUT2D eigenvalue weighted by atomic mass is 9.97. The third-order valence-corrected chi connectivity index (χ3v) is 8.14. The van der Waals surface area contributed by atoms with Gasteiger partial charge in [-0.1, -0.05) is 13.8 Å². The Morgan fingerprint density at radius 3 is 2.27 bits per heavy atom. The number of hydrogen-bond acceptors (Lipinski definition) is 5. The predicted octanol–water partition coefficient (Wildman–Crippen LogP) is 5.06. The lowest BCUT2D eigenvalue weighted by Crippen LogP contribution is -2.14. The molecule has 0 spiro atoms. The van der Waals surface area contributed by atoms with Crippen molar-refractivity contribution in [3.8, 4) is 5.75 Å². The summed E-state index contributed by atoms with van der Waals surface area (Å²) in [5.74, 6) is -0.382. The van der Waals surface area contributed by atoms with Crippen LogP contribution in [0.5, 0.6) is 5.75 Å². The maximum absolute atomic E-state index is 12.7. The lowest BCUT2D eigenvalue weighted by Gasteiger charge is -2.19. The highest BCUT2D eigenvalue weighted by Crippen LogP contribution is 2.31. The van der Waals surface area contributed by atoms with E-state index < -0.39 is 16.1 Å². The zero-order valence-corrected chi connectivity index (χ0v) is 21.3. The summed E-state index contributed by atoms with van der Waals surface area (Å²) < 4.78 is 42.8. The lowest BCUT2D eigenvalue weighted by molar-refractivity contribution is 0.0732. The summed E-state index contributed by atoms with van der Waals surface area (Å²) >= 11 is 6.42. The number of hydrogen-bond donors (Lipinski definition) is 0. The SMILES string of the molecule is Cc1cc(S(=O)(=O)[O-])c(C(C)C)cc1C(=O)Oc1cc(I)cc(I)c1I. The Kier molecular flexibility index (Phi) is 7.35. The Balaban J connectivity index is 2.52. The van der Waals surface area contributed by atoms with Crippen molar-refractivity contribution in [1.29, 1.82) is 0 Å². The fourth-order valence-corrected chi connectivity index (χ4v) is 5.46. The number of rotatable bonds is 4. The third-order valence-electron chi connectivity index (χ3n) is 3.63. The zero-order valence-electron chi connectivity index (χ0n) is 14.0. The molecule has 2 rings (SSSR count). The third kappa shape index (κ3) is 5.08. The van der Waals surface area contributed by atoms with Gasteiger partial charge in [-0.3, -0.25) is 0 Å². The van der Waals surface area contributed by atoms with Gasteiger partial charge in [0.15, 0.2) is 0 Å². The maximum atomic E-state index is 12.7. The molecule has 0 saturated carbocycles. The molecule has 0 atom stereocenters. The number of halogens is 3. The van der Waals surface area contributed by atoms with Crippen molar-refractivity contribution >= 4 is 83.9 Å². The first-order valence-corrected chi connectivity index (χ1v) is 12.0. The standard InChI is InChI=1S/C17H15I3O5S/c1-8(2)11-7-12(9(3)4-15(11)26(22,23)24)17(21)25-14-6-10(18)5-13(19)16(14)20/h4-8H,1-3H3,(H,22,23,24)/p-1. The van der Waals surface area contributed by atoms with Crippen molar-refractivity contribution in [3.63, 3.8) is 0 Å². The van der Waals surface area contributed by atoms with Gasteiger partial charge in [0.05, 0.1) is 14.0 Å². The molecule has 9 heteroatoms. The van der Waals surface area contributed by atoms with Crippen LogP contribution in [0.4, 0.5) is 0 Å². The predicted molar refractivity (Wildman–Crippen MR) is 123 cm³/mol. The van der Waals surface area contributed by atoms with Crippen molar-refractivity contribution < 1.29 is 22.5 Å². The van der Waals surface area contributed by atoms with E-state index >= 15 is 0 Å². The van der Waals surface area contributed by atoms with Crippen LogP contribution in [-0.2, 0) is 10.1 Å². The highest BCUT2D eigenvalue weighted by atomic mass is 127. The van der Waals surface area contributed by atoms with Crippen LogP contribution >= 0.6 is 67.8 Å². The maximum Gasteiger partial charge on any atom is 0.343 e. The molecule has 5 nitrogen and oxygen atoms in total. The first-order valence-electron chi connectivity index (χ1n) is 7.39. The molecule has 0 aromatic heterocycles. The van der Waals surface area contributed by atoms with Crippen molar-refractivity contribution in [2.75, 3.05) is 0 Å². The molecule has 26 heavy (non-hydrogen) atoms. The molecule has 0 N–H and O–H groups in total. The minimum Gasteiger partial charge on any atom is -0.744 e. The number of aryl methyl sites for hydroxylation is 1. The van der Waals surface area contributed by atoms with Crippen LogP contribution in [0.25, 0.3) is 0 Å². The van der Waals surface area contributed by atoms with Crippen LogP contribution in [0.15, 0.2) is 29.2 Å². The summed E-state index contributed by atoms with van der Waals surface area (Å²) in [6, 6.07) is 6.42. The van der Waals surface area contributed by atoms with E-state index in [4.69, 9.17) is 4.74 Å². The van der Waals surface area contributed by atoms with Gasteiger partial charge in [-0.25, -0.2) is 13.2 Å². The number of carbonyl (C=O) groups is 1. The van der Waals surface area contributed by atoms with E-state index in [0.29, 0.717) is 16.9 Å². The molecule has 0 aliphatic rings. The Morgan fingerprint density at radius 2 is 1.73 bits per heavy atom. The highest BCUT2D eigenvalue weighted by molar-refractivity contribution is 14.1. The second-order valence-corrected chi connectivity index (χ2v) is 10.7. The van der Waals surface area contributed by atoms with Crippen molar-refractivity contribution in [3.05, 3.63) is 51.7 Å². The van der Waals surface area contributed by atoms with Crippen molar-refractivity contribution in [2.45, 2.75) is 31.6 Å². The Bertz CT molecular complexity index is 984. The van der Waals surface area contributed by atoms with Crippen LogP contribution in [0.2, 0.25) is 0 Å². The summed E-state index contributed by atoms with van der Waals surface area (Å²) in [5.41, 5.74) is 0.930. The van der Waals surface area contributed by atoms with E-state index in [-0.39, 0.29) is 16.4 Å². The van der Waals surface area contributed by atoms with Gasteiger partial charge < -0.3 is 9.29 Å². The van der Waals surface area contributed by atoms with Crippen LogP contribution in [0, 0.1) is 17.6 Å². The quantitative estimate of drug-likeness (QED) is 0.146. The summed E-state index contributed by atoms with van der Waals surface area (Å²) in [7, 11) is -4.63. The second-order valence-electron chi connectivity index (χ2n) is 5.90. The molecule has 140 valence electrons. The Morgan fingerprint density at radius 1 is 1.12 bits per heavy atom. The van der Waals surface area contributed by atoms with Crippen LogP contribution in [0.1, 0.15) is 41.3 Å². The van der Waals surface area contributed by atoms with Gasteiger partial charge in [0, 0.05) is 7.14 Å². The average Bonchev–Trinajstić information content (AvgIpc) is 2.50. The molecular formula is C17H14I3O5S-. The number of ether oxygens (including phenoxy) is 1. The molecule has 0 aliphatic carbocycles. The highest BCUT2D eigenvalue weighted by Gasteiger charge is 2.21. The summed E-state index contributed by atoms with van der Waals surface area (Å²) in [5, 5.41) is 0. The molecule has 2 aromatic carbocycles. The molecule has 2 aromatic rings. The first-order chi connectivity index (χ1) is 11.9. The molecule has 0 radical (unpaired) electrons. The van der Waals surface area contributed by atoms with Gasteiger partial charge in [0.1, 0.15) is 15.9 Å². The molecule has 0 fully saturated rings. The van der Waals surface area contributed by atoms with Crippen molar-refractivity contribution in [2.24, 2.45) is 0 Å². The number of esters is 1. The first kappa shape index (κ1) is 22.3. The smallest absolute Gasteiger partial charge is 0.343 e. The Hall–Kier alpha value is 0.0100. The van der Waals surface area contributed by atoms with Crippen LogP contribution in [-0.4, -0.2) is 18.9 Å². The normalized spacial score (nSPS) is 11.7.